The Morgan fingerprint density at radius 1 is 0.949 bits per heavy atom. The van der Waals surface area contributed by atoms with Crippen molar-refractivity contribution in [3.8, 4) is 0 Å². The molecule has 1 aliphatic heterocycles. The van der Waals surface area contributed by atoms with E-state index in [-0.39, 0.29) is 23.5 Å². The van der Waals surface area contributed by atoms with Gasteiger partial charge in [-0.1, -0.05) is 40.0 Å². The van der Waals surface area contributed by atoms with Crippen molar-refractivity contribution in [3.63, 3.8) is 0 Å². The molecule has 0 spiro atoms. The van der Waals surface area contributed by atoms with Crippen LogP contribution in [0.25, 0.3) is 0 Å². The molecule has 2 fully saturated rings. The second-order valence-electron chi connectivity index (χ2n) is 12.7. The normalized spacial score (nSPS) is 21.9. The maximum atomic E-state index is 13.7. The summed E-state index contributed by atoms with van der Waals surface area (Å²) in [7, 11) is 0. The molecular weight excluding hydrogens is 500 g/mol. The fourth-order valence-electron chi connectivity index (χ4n) is 5.13. The van der Waals surface area contributed by atoms with Gasteiger partial charge in [-0.15, -0.1) is 0 Å². The van der Waals surface area contributed by atoms with Crippen LogP contribution in [0.2, 0.25) is 0 Å². The number of ether oxygens (including phenoxy) is 1. The Hall–Kier alpha value is -3.08. The van der Waals surface area contributed by atoms with Gasteiger partial charge in [0.05, 0.1) is 18.2 Å². The molecule has 1 aromatic rings. The molecule has 3 rings (SSSR count). The molecule has 39 heavy (non-hydrogen) atoms. The zero-order chi connectivity index (χ0) is 28.8. The second-order valence-corrected chi connectivity index (χ2v) is 12.7. The lowest BCUT2D eigenvalue weighted by Gasteiger charge is -2.35. The Morgan fingerprint density at radius 2 is 1.64 bits per heavy atom. The third kappa shape index (κ3) is 8.71. The van der Waals surface area contributed by atoms with Crippen molar-refractivity contribution in [1.29, 1.82) is 0 Å². The first kappa shape index (κ1) is 30.5. The molecule has 4 N–H and O–H groups in total. The van der Waals surface area contributed by atoms with Crippen LogP contribution in [0.1, 0.15) is 84.1 Å². The minimum absolute atomic E-state index is 0.0568. The molecular formula is C28H44N6O5. The van der Waals surface area contributed by atoms with Gasteiger partial charge in [0, 0.05) is 25.5 Å². The minimum atomic E-state index is -0.899. The number of rotatable bonds is 8. The van der Waals surface area contributed by atoms with Crippen LogP contribution in [0.3, 0.4) is 0 Å². The standard InChI is InChI=1S/C28H44N6O5/c1-27(2,3)22(25(37)32-19-15-30-14-18(19)26(38)39-28(4,5)6)34-24(36)21(17-10-8-7-9-11-17)33-23(35)20-16-29-12-13-31-20/h12-13,16-19,21-22,30H,7-11,14-15H2,1-6H3,(H,32,37)(H,33,35)(H,34,36)/t18-,19+,21+,22?/m1/s1. The van der Waals surface area contributed by atoms with Crippen molar-refractivity contribution in [2.24, 2.45) is 17.3 Å². The molecule has 1 saturated heterocycles. The van der Waals surface area contributed by atoms with E-state index in [4.69, 9.17) is 4.74 Å². The average molecular weight is 545 g/mol. The van der Waals surface area contributed by atoms with Crippen molar-refractivity contribution in [3.05, 3.63) is 24.3 Å². The molecule has 1 aliphatic carbocycles. The number of hydrogen-bond acceptors (Lipinski definition) is 8. The van der Waals surface area contributed by atoms with Crippen LogP contribution in [0.5, 0.6) is 0 Å². The van der Waals surface area contributed by atoms with Gasteiger partial charge in [-0.3, -0.25) is 24.2 Å². The number of carbonyl (C=O) groups is 4. The predicted molar refractivity (Wildman–Crippen MR) is 145 cm³/mol. The topological polar surface area (TPSA) is 151 Å². The summed E-state index contributed by atoms with van der Waals surface area (Å²) in [6.45, 7) is 11.8. The van der Waals surface area contributed by atoms with Crippen LogP contribution in [0.4, 0.5) is 0 Å². The molecule has 0 aromatic carbocycles. The van der Waals surface area contributed by atoms with Gasteiger partial charge in [0.25, 0.3) is 5.91 Å². The van der Waals surface area contributed by atoms with Gasteiger partial charge in [-0.2, -0.15) is 0 Å². The van der Waals surface area contributed by atoms with Crippen LogP contribution >= 0.6 is 0 Å². The molecule has 0 bridgehead atoms. The highest BCUT2D eigenvalue weighted by Crippen LogP contribution is 2.28. The van der Waals surface area contributed by atoms with Crippen LogP contribution in [0.15, 0.2) is 18.6 Å². The third-order valence-electron chi connectivity index (χ3n) is 7.15. The van der Waals surface area contributed by atoms with Gasteiger partial charge in [-0.25, -0.2) is 4.98 Å². The number of carbonyl (C=O) groups excluding carboxylic acids is 4. The average Bonchev–Trinajstić information content (AvgIpc) is 3.33. The fraction of sp³-hybridized carbons (Fsp3) is 0.714. The van der Waals surface area contributed by atoms with Crippen molar-refractivity contribution in [2.45, 2.75) is 97.4 Å². The van der Waals surface area contributed by atoms with Gasteiger partial charge in [0.2, 0.25) is 11.8 Å². The maximum Gasteiger partial charge on any atom is 0.312 e. The highest BCUT2D eigenvalue weighted by molar-refractivity contribution is 5.97. The Balaban J connectivity index is 1.75. The maximum absolute atomic E-state index is 13.7. The van der Waals surface area contributed by atoms with Crippen LogP contribution in [-0.2, 0) is 19.1 Å². The summed E-state index contributed by atoms with van der Waals surface area (Å²) in [6.07, 6.45) is 8.89. The van der Waals surface area contributed by atoms with E-state index in [0.29, 0.717) is 13.1 Å². The summed E-state index contributed by atoms with van der Waals surface area (Å²) in [5, 5.41) is 11.9. The lowest BCUT2D eigenvalue weighted by atomic mass is 9.82. The fourth-order valence-corrected chi connectivity index (χ4v) is 5.13. The van der Waals surface area contributed by atoms with E-state index >= 15 is 0 Å². The van der Waals surface area contributed by atoms with Gasteiger partial charge in [0.1, 0.15) is 23.4 Å². The lowest BCUT2D eigenvalue weighted by molar-refractivity contribution is -0.160. The molecule has 216 valence electrons. The minimum Gasteiger partial charge on any atom is -0.460 e. The van der Waals surface area contributed by atoms with Gasteiger partial charge < -0.3 is 26.0 Å². The van der Waals surface area contributed by atoms with Gasteiger partial charge >= 0.3 is 5.97 Å². The smallest absolute Gasteiger partial charge is 0.312 e. The van der Waals surface area contributed by atoms with E-state index in [9.17, 15) is 19.2 Å². The van der Waals surface area contributed by atoms with Crippen LogP contribution in [-0.4, -0.2) is 70.5 Å². The first-order valence-electron chi connectivity index (χ1n) is 13.9. The van der Waals surface area contributed by atoms with Crippen LogP contribution < -0.4 is 21.3 Å². The van der Waals surface area contributed by atoms with E-state index in [1.807, 2.05) is 20.8 Å². The third-order valence-corrected chi connectivity index (χ3v) is 7.15. The molecule has 11 heteroatoms. The first-order valence-corrected chi connectivity index (χ1v) is 13.9. The van der Waals surface area contributed by atoms with E-state index < -0.39 is 46.9 Å². The molecule has 4 atom stereocenters. The van der Waals surface area contributed by atoms with Crippen molar-refractivity contribution < 1.29 is 23.9 Å². The molecule has 3 amide bonds. The first-order chi connectivity index (χ1) is 18.3. The highest BCUT2D eigenvalue weighted by Gasteiger charge is 2.41. The summed E-state index contributed by atoms with van der Waals surface area (Å²) in [4.78, 5) is 60.9. The van der Waals surface area contributed by atoms with E-state index in [1.54, 1.807) is 20.8 Å². The lowest BCUT2D eigenvalue weighted by Crippen LogP contribution is -2.61. The Bertz CT molecular complexity index is 1010. The monoisotopic (exact) mass is 544 g/mol. The van der Waals surface area contributed by atoms with E-state index in [0.717, 1.165) is 32.1 Å². The highest BCUT2D eigenvalue weighted by atomic mass is 16.6. The largest absolute Gasteiger partial charge is 0.460 e. The number of esters is 1. The summed E-state index contributed by atoms with van der Waals surface area (Å²) in [5.41, 5.74) is -1.16. The molecule has 1 aromatic heterocycles. The number of nitrogens with one attached hydrogen (secondary N) is 4. The number of amides is 3. The second kappa shape index (κ2) is 12.8. The zero-order valence-electron chi connectivity index (χ0n) is 24.0. The Kier molecular flexibility index (Phi) is 10.0. The van der Waals surface area contributed by atoms with Crippen LogP contribution in [0, 0.1) is 17.3 Å². The molecule has 11 nitrogen and oxygen atoms in total. The molecule has 2 aliphatic rings. The molecule has 0 radical (unpaired) electrons. The molecule has 1 unspecified atom stereocenters. The van der Waals surface area contributed by atoms with Gasteiger partial charge in [-0.05, 0) is 44.9 Å². The predicted octanol–water partition coefficient (Wildman–Crippen LogP) is 1.73. The van der Waals surface area contributed by atoms with Crippen molar-refractivity contribution >= 4 is 23.7 Å². The van der Waals surface area contributed by atoms with Crippen molar-refractivity contribution in [2.75, 3.05) is 13.1 Å². The molecule has 1 saturated carbocycles. The summed E-state index contributed by atoms with van der Waals surface area (Å²) >= 11 is 0. The van der Waals surface area contributed by atoms with E-state index in [1.165, 1.54) is 18.6 Å². The number of nitrogens with zero attached hydrogens (tertiary/aromatic N) is 2. The number of hydrogen-bond donors (Lipinski definition) is 4. The van der Waals surface area contributed by atoms with E-state index in [2.05, 4.69) is 31.2 Å². The Labute approximate surface area is 231 Å². The zero-order valence-corrected chi connectivity index (χ0v) is 24.0. The SMILES string of the molecule is CC(C)(C)OC(=O)[C@@H]1CNC[C@@H]1NC(=O)C(NC(=O)[C@@H](NC(=O)c1cnccn1)C1CCCCC1)C(C)(C)C. The Morgan fingerprint density at radius 3 is 2.23 bits per heavy atom. The molecule has 2 heterocycles. The van der Waals surface area contributed by atoms with Crippen molar-refractivity contribution in [1.82, 2.24) is 31.2 Å². The summed E-state index contributed by atoms with van der Waals surface area (Å²) in [5.74, 6) is -2.26. The quantitative estimate of drug-likeness (QED) is 0.361. The summed E-state index contributed by atoms with van der Waals surface area (Å²) in [6, 6.07) is -2.19. The summed E-state index contributed by atoms with van der Waals surface area (Å²) < 4.78 is 5.55. The number of aromatic nitrogens is 2. The van der Waals surface area contributed by atoms with Gasteiger partial charge in [0.15, 0.2) is 0 Å².